The summed E-state index contributed by atoms with van der Waals surface area (Å²) in [5.74, 6) is -0.981. The number of aryl methyl sites for hydroxylation is 1. The molecule has 1 aromatic carbocycles. The maximum Gasteiger partial charge on any atom is 0.251 e. The van der Waals surface area contributed by atoms with Crippen molar-refractivity contribution in [3.05, 3.63) is 35.1 Å². The van der Waals surface area contributed by atoms with Gasteiger partial charge in [-0.15, -0.1) is 0 Å². The second-order valence-corrected chi connectivity index (χ2v) is 4.78. The molecule has 2 amide bonds. The fourth-order valence-electron chi connectivity index (χ4n) is 2.02. The molecule has 0 atom stereocenters. The van der Waals surface area contributed by atoms with Crippen molar-refractivity contribution >= 4 is 11.8 Å². The lowest BCUT2D eigenvalue weighted by atomic mass is 10.1. The molecule has 0 unspecified atom stereocenters. The fraction of sp³-hybridized carbons (Fsp3) is 0.429. The zero-order valence-electron chi connectivity index (χ0n) is 11.4. The van der Waals surface area contributed by atoms with Crippen LogP contribution in [0.15, 0.2) is 18.2 Å². The van der Waals surface area contributed by atoms with Crippen LogP contribution < -0.4 is 10.6 Å². The van der Waals surface area contributed by atoms with E-state index in [-0.39, 0.29) is 18.0 Å². The van der Waals surface area contributed by atoms with Crippen LogP contribution in [0, 0.1) is 12.7 Å². The first kappa shape index (κ1) is 14.5. The lowest BCUT2D eigenvalue weighted by molar-refractivity contribution is -0.130. The summed E-state index contributed by atoms with van der Waals surface area (Å²) < 4.78 is 13.4. The third-order valence-corrected chi connectivity index (χ3v) is 3.30. The number of piperazine rings is 1. The number of hydrogen-bond donors (Lipinski definition) is 2. The molecule has 0 aliphatic carbocycles. The van der Waals surface area contributed by atoms with Crippen molar-refractivity contribution in [1.82, 2.24) is 15.5 Å². The van der Waals surface area contributed by atoms with Crippen LogP contribution >= 0.6 is 0 Å². The van der Waals surface area contributed by atoms with Crippen LogP contribution in [0.5, 0.6) is 0 Å². The molecule has 1 aliphatic rings. The Hall–Kier alpha value is -1.95. The van der Waals surface area contributed by atoms with E-state index in [1.807, 2.05) is 0 Å². The second-order valence-electron chi connectivity index (χ2n) is 4.78. The van der Waals surface area contributed by atoms with Gasteiger partial charge in [0.25, 0.3) is 5.91 Å². The summed E-state index contributed by atoms with van der Waals surface area (Å²) in [4.78, 5) is 25.4. The van der Waals surface area contributed by atoms with Gasteiger partial charge in [0.05, 0.1) is 6.54 Å². The number of hydrogen-bond acceptors (Lipinski definition) is 3. The summed E-state index contributed by atoms with van der Waals surface area (Å²) in [5, 5.41) is 5.67. The molecule has 20 heavy (non-hydrogen) atoms. The lowest BCUT2D eigenvalue weighted by Gasteiger charge is -2.27. The van der Waals surface area contributed by atoms with Crippen LogP contribution in [-0.2, 0) is 4.79 Å². The Labute approximate surface area is 117 Å². The highest BCUT2D eigenvalue weighted by molar-refractivity contribution is 5.96. The van der Waals surface area contributed by atoms with Gasteiger partial charge >= 0.3 is 0 Å². The Morgan fingerprint density at radius 3 is 2.70 bits per heavy atom. The van der Waals surface area contributed by atoms with Gasteiger partial charge in [0, 0.05) is 31.7 Å². The number of amides is 2. The molecule has 2 rings (SSSR count). The molecular weight excluding hydrogens is 261 g/mol. The monoisotopic (exact) mass is 279 g/mol. The average Bonchev–Trinajstić information content (AvgIpc) is 2.48. The first-order chi connectivity index (χ1) is 9.58. The Bertz CT molecular complexity index is 513. The second kappa shape index (κ2) is 6.47. The summed E-state index contributed by atoms with van der Waals surface area (Å²) in [6.07, 6.45) is 0. The SMILES string of the molecule is Cc1ccc(C(=O)NCC(=O)N2CCNCC2)cc1F. The van der Waals surface area contributed by atoms with Gasteiger partial charge in [0.15, 0.2) is 0 Å². The van der Waals surface area contributed by atoms with Crippen molar-refractivity contribution in [1.29, 1.82) is 0 Å². The molecule has 0 bridgehead atoms. The summed E-state index contributed by atoms with van der Waals surface area (Å²) >= 11 is 0. The number of carbonyl (C=O) groups is 2. The summed E-state index contributed by atoms with van der Waals surface area (Å²) in [5.41, 5.74) is 0.708. The number of halogens is 1. The van der Waals surface area contributed by atoms with E-state index in [1.54, 1.807) is 24.0 Å². The van der Waals surface area contributed by atoms with Crippen molar-refractivity contribution in [2.75, 3.05) is 32.7 Å². The molecule has 0 aromatic heterocycles. The third kappa shape index (κ3) is 3.54. The Kier molecular flexibility index (Phi) is 4.68. The highest BCUT2D eigenvalue weighted by atomic mass is 19.1. The predicted molar refractivity (Wildman–Crippen MR) is 72.9 cm³/mol. The summed E-state index contributed by atoms with van der Waals surface area (Å²) in [6, 6.07) is 4.27. The van der Waals surface area contributed by atoms with Crippen LogP contribution in [0.4, 0.5) is 4.39 Å². The zero-order valence-corrected chi connectivity index (χ0v) is 11.4. The van der Waals surface area contributed by atoms with Gasteiger partial charge in [0.2, 0.25) is 5.91 Å². The molecule has 2 N–H and O–H groups in total. The van der Waals surface area contributed by atoms with Gasteiger partial charge in [0.1, 0.15) is 5.82 Å². The van der Waals surface area contributed by atoms with Crippen LogP contribution in [0.25, 0.3) is 0 Å². The van der Waals surface area contributed by atoms with E-state index in [1.165, 1.54) is 6.07 Å². The lowest BCUT2D eigenvalue weighted by Crippen LogP contribution is -2.49. The van der Waals surface area contributed by atoms with Gasteiger partial charge in [-0.1, -0.05) is 6.07 Å². The molecule has 108 valence electrons. The maximum absolute atomic E-state index is 13.4. The highest BCUT2D eigenvalue weighted by Crippen LogP contribution is 2.08. The minimum Gasteiger partial charge on any atom is -0.343 e. The number of carbonyl (C=O) groups excluding carboxylic acids is 2. The van der Waals surface area contributed by atoms with Crippen molar-refractivity contribution in [3.8, 4) is 0 Å². The largest absolute Gasteiger partial charge is 0.343 e. The molecule has 1 heterocycles. The van der Waals surface area contributed by atoms with Crippen LogP contribution in [0.3, 0.4) is 0 Å². The Morgan fingerprint density at radius 2 is 2.05 bits per heavy atom. The molecule has 0 radical (unpaired) electrons. The molecule has 0 spiro atoms. The standard InChI is InChI=1S/C14H18FN3O2/c1-10-2-3-11(8-12(10)15)14(20)17-9-13(19)18-6-4-16-5-7-18/h2-3,8,16H,4-7,9H2,1H3,(H,17,20). The van der Waals surface area contributed by atoms with Gasteiger partial charge in [-0.2, -0.15) is 0 Å². The highest BCUT2D eigenvalue weighted by Gasteiger charge is 2.17. The molecule has 1 aliphatic heterocycles. The topological polar surface area (TPSA) is 61.4 Å². The van der Waals surface area contributed by atoms with Gasteiger partial charge in [-0.3, -0.25) is 9.59 Å². The van der Waals surface area contributed by atoms with Crippen LogP contribution in [0.2, 0.25) is 0 Å². The zero-order chi connectivity index (χ0) is 14.5. The molecule has 5 nitrogen and oxygen atoms in total. The van der Waals surface area contributed by atoms with Crippen molar-refractivity contribution in [2.45, 2.75) is 6.92 Å². The fourth-order valence-corrected chi connectivity index (χ4v) is 2.02. The van der Waals surface area contributed by atoms with Gasteiger partial charge in [-0.05, 0) is 24.6 Å². The first-order valence-electron chi connectivity index (χ1n) is 6.61. The van der Waals surface area contributed by atoms with Crippen molar-refractivity contribution < 1.29 is 14.0 Å². The van der Waals surface area contributed by atoms with E-state index >= 15 is 0 Å². The van der Waals surface area contributed by atoms with E-state index in [4.69, 9.17) is 0 Å². The van der Waals surface area contributed by atoms with E-state index in [0.29, 0.717) is 18.7 Å². The molecular formula is C14H18FN3O2. The minimum atomic E-state index is -0.438. The van der Waals surface area contributed by atoms with E-state index in [9.17, 15) is 14.0 Å². The maximum atomic E-state index is 13.4. The Morgan fingerprint density at radius 1 is 1.35 bits per heavy atom. The van der Waals surface area contributed by atoms with Crippen molar-refractivity contribution in [2.24, 2.45) is 0 Å². The smallest absolute Gasteiger partial charge is 0.251 e. The van der Waals surface area contributed by atoms with E-state index in [2.05, 4.69) is 10.6 Å². The quantitative estimate of drug-likeness (QED) is 0.836. The first-order valence-corrected chi connectivity index (χ1v) is 6.61. The normalized spacial score (nSPS) is 15.0. The number of rotatable bonds is 3. The summed E-state index contributed by atoms with van der Waals surface area (Å²) in [7, 11) is 0. The molecule has 1 fully saturated rings. The predicted octanol–water partition coefficient (Wildman–Crippen LogP) is 0.296. The van der Waals surface area contributed by atoms with E-state index in [0.717, 1.165) is 13.1 Å². The van der Waals surface area contributed by atoms with E-state index < -0.39 is 11.7 Å². The van der Waals surface area contributed by atoms with Crippen molar-refractivity contribution in [3.63, 3.8) is 0 Å². The minimum absolute atomic E-state index is 0.0612. The molecule has 6 heteroatoms. The number of nitrogens with one attached hydrogen (secondary N) is 2. The van der Waals surface area contributed by atoms with Crippen LogP contribution in [-0.4, -0.2) is 49.4 Å². The van der Waals surface area contributed by atoms with Gasteiger partial charge < -0.3 is 15.5 Å². The number of nitrogens with zero attached hydrogens (tertiary/aromatic N) is 1. The average molecular weight is 279 g/mol. The third-order valence-electron chi connectivity index (χ3n) is 3.30. The Balaban J connectivity index is 1.88. The number of benzene rings is 1. The van der Waals surface area contributed by atoms with Crippen LogP contribution in [0.1, 0.15) is 15.9 Å². The molecule has 1 aromatic rings. The summed E-state index contributed by atoms with van der Waals surface area (Å²) in [6.45, 7) is 4.40. The molecule has 1 saturated heterocycles. The van der Waals surface area contributed by atoms with Gasteiger partial charge in [-0.25, -0.2) is 4.39 Å². The molecule has 0 saturated carbocycles.